The summed E-state index contributed by atoms with van der Waals surface area (Å²) in [6.45, 7) is 7.23. The van der Waals surface area contributed by atoms with E-state index in [-0.39, 0.29) is 5.41 Å². The van der Waals surface area contributed by atoms with E-state index in [1.165, 1.54) is 12.1 Å². The molecular formula is C16H23NO2. The number of rotatable bonds is 3. The van der Waals surface area contributed by atoms with Gasteiger partial charge in [-0.3, -0.25) is 4.79 Å². The van der Waals surface area contributed by atoms with Crippen molar-refractivity contribution in [2.24, 2.45) is 11.3 Å². The van der Waals surface area contributed by atoms with Gasteiger partial charge in [-0.15, -0.1) is 0 Å². The minimum atomic E-state index is 0.108. The Morgan fingerprint density at radius 1 is 1.42 bits per heavy atom. The Kier molecular flexibility index (Phi) is 3.25. The molecule has 3 rings (SSSR count). The zero-order chi connectivity index (χ0) is 13.5. The highest BCUT2D eigenvalue weighted by Gasteiger charge is 2.32. The lowest BCUT2D eigenvalue weighted by molar-refractivity contribution is 0.0909. The first kappa shape index (κ1) is 12.9. The Morgan fingerprint density at radius 3 is 3.00 bits per heavy atom. The maximum absolute atomic E-state index is 12.1. The highest BCUT2D eigenvalue weighted by molar-refractivity contribution is 5.98. The van der Waals surface area contributed by atoms with Gasteiger partial charge in [-0.2, -0.15) is 0 Å². The Labute approximate surface area is 114 Å². The van der Waals surface area contributed by atoms with Crippen molar-refractivity contribution in [3.63, 3.8) is 0 Å². The minimum absolute atomic E-state index is 0.108. The molecule has 0 amide bonds. The average molecular weight is 261 g/mol. The highest BCUT2D eigenvalue weighted by Crippen LogP contribution is 2.35. The van der Waals surface area contributed by atoms with Crippen molar-refractivity contribution in [3.8, 4) is 0 Å². The van der Waals surface area contributed by atoms with Crippen LogP contribution < -0.4 is 0 Å². The Morgan fingerprint density at radius 2 is 2.26 bits per heavy atom. The molecule has 0 N–H and O–H groups in total. The van der Waals surface area contributed by atoms with Crippen LogP contribution in [0, 0.1) is 11.3 Å². The Balaban J connectivity index is 1.75. The van der Waals surface area contributed by atoms with Crippen molar-refractivity contribution in [3.05, 3.63) is 23.5 Å². The Hall–Kier alpha value is -1.09. The zero-order valence-corrected chi connectivity index (χ0v) is 11.9. The lowest BCUT2D eigenvalue weighted by atomic mass is 9.76. The third-order valence-electron chi connectivity index (χ3n) is 4.47. The van der Waals surface area contributed by atoms with E-state index in [4.69, 9.17) is 4.74 Å². The van der Waals surface area contributed by atoms with Crippen molar-refractivity contribution in [2.45, 2.75) is 46.1 Å². The van der Waals surface area contributed by atoms with Gasteiger partial charge in [0.25, 0.3) is 0 Å². The third kappa shape index (κ3) is 2.62. The van der Waals surface area contributed by atoms with Crippen molar-refractivity contribution in [2.75, 3.05) is 13.2 Å². The number of carbonyl (C=O) groups is 1. The number of hydrogen-bond acceptors (Lipinski definition) is 2. The molecule has 0 spiro atoms. The number of carbonyl (C=O) groups excluding carboxylic acids is 1. The number of hydrogen-bond donors (Lipinski definition) is 0. The maximum Gasteiger partial charge on any atom is 0.165 e. The van der Waals surface area contributed by atoms with E-state index >= 15 is 0 Å². The second-order valence-electron chi connectivity index (χ2n) is 6.83. The average Bonchev–Trinajstić information content (AvgIpc) is 2.93. The zero-order valence-electron chi connectivity index (χ0n) is 11.9. The fourth-order valence-corrected chi connectivity index (χ4v) is 3.34. The standard InChI is InChI=1S/C16H23NO2/c1-16(2)9-14-13(15(18)10-16)4-7-17(14)6-3-12-5-8-19-11-12/h4,7,12H,3,5-6,8-11H2,1-2H3. The SMILES string of the molecule is CC1(C)CC(=O)c2ccn(CCC3CCOC3)c2C1. The molecule has 0 radical (unpaired) electrons. The largest absolute Gasteiger partial charge is 0.381 e. The molecular weight excluding hydrogens is 238 g/mol. The van der Waals surface area contributed by atoms with Gasteiger partial charge in [-0.05, 0) is 36.7 Å². The van der Waals surface area contributed by atoms with E-state index in [2.05, 4.69) is 24.6 Å². The predicted molar refractivity (Wildman–Crippen MR) is 74.4 cm³/mol. The number of nitrogens with zero attached hydrogens (tertiary/aromatic N) is 1. The summed E-state index contributed by atoms with van der Waals surface area (Å²) >= 11 is 0. The molecule has 3 heteroatoms. The molecule has 1 aliphatic heterocycles. The van der Waals surface area contributed by atoms with Gasteiger partial charge in [-0.1, -0.05) is 13.8 Å². The number of aryl methyl sites for hydroxylation is 1. The molecule has 0 saturated carbocycles. The topological polar surface area (TPSA) is 31.2 Å². The number of fused-ring (bicyclic) bond motifs is 1. The number of Topliss-reactive ketones (excluding diaryl/α,β-unsaturated/α-hetero) is 1. The first-order valence-corrected chi connectivity index (χ1v) is 7.34. The molecule has 2 aliphatic rings. The van der Waals surface area contributed by atoms with Crippen molar-refractivity contribution in [1.82, 2.24) is 4.57 Å². The van der Waals surface area contributed by atoms with Gasteiger partial charge < -0.3 is 9.30 Å². The smallest absolute Gasteiger partial charge is 0.165 e. The molecule has 1 aromatic heterocycles. The normalized spacial score (nSPS) is 25.6. The van der Waals surface area contributed by atoms with Crippen LogP contribution in [0.5, 0.6) is 0 Å². The molecule has 1 saturated heterocycles. The molecule has 1 fully saturated rings. The molecule has 2 heterocycles. The number of aromatic nitrogens is 1. The van der Waals surface area contributed by atoms with Crippen LogP contribution in [0.25, 0.3) is 0 Å². The van der Waals surface area contributed by atoms with Crippen molar-refractivity contribution >= 4 is 5.78 Å². The van der Waals surface area contributed by atoms with Crippen LogP contribution in [-0.4, -0.2) is 23.6 Å². The molecule has 1 atom stereocenters. The van der Waals surface area contributed by atoms with Gasteiger partial charge in [0.15, 0.2) is 5.78 Å². The quantitative estimate of drug-likeness (QED) is 0.837. The van der Waals surface area contributed by atoms with Crippen LogP contribution in [0.4, 0.5) is 0 Å². The van der Waals surface area contributed by atoms with Gasteiger partial charge >= 0.3 is 0 Å². The summed E-state index contributed by atoms with van der Waals surface area (Å²) in [5.74, 6) is 1.01. The lowest BCUT2D eigenvalue weighted by Crippen LogP contribution is -2.28. The molecule has 1 aromatic rings. The summed E-state index contributed by atoms with van der Waals surface area (Å²) in [5, 5.41) is 0. The van der Waals surface area contributed by atoms with E-state index < -0.39 is 0 Å². The van der Waals surface area contributed by atoms with E-state index in [1.807, 2.05) is 6.07 Å². The summed E-state index contributed by atoms with van der Waals surface area (Å²) in [5.41, 5.74) is 2.32. The van der Waals surface area contributed by atoms with E-state index in [9.17, 15) is 4.79 Å². The van der Waals surface area contributed by atoms with E-state index in [1.54, 1.807) is 0 Å². The van der Waals surface area contributed by atoms with Crippen LogP contribution in [0.2, 0.25) is 0 Å². The Bertz CT molecular complexity index is 481. The molecule has 0 bridgehead atoms. The fraction of sp³-hybridized carbons (Fsp3) is 0.688. The van der Waals surface area contributed by atoms with E-state index in [0.717, 1.165) is 38.2 Å². The maximum atomic E-state index is 12.1. The molecule has 104 valence electrons. The molecule has 19 heavy (non-hydrogen) atoms. The van der Waals surface area contributed by atoms with Gasteiger partial charge in [0.2, 0.25) is 0 Å². The number of ketones is 1. The second kappa shape index (κ2) is 4.78. The monoisotopic (exact) mass is 261 g/mol. The van der Waals surface area contributed by atoms with Gasteiger partial charge in [0.05, 0.1) is 0 Å². The first-order valence-electron chi connectivity index (χ1n) is 7.34. The lowest BCUT2D eigenvalue weighted by Gasteiger charge is -2.29. The molecule has 3 nitrogen and oxygen atoms in total. The third-order valence-corrected chi connectivity index (χ3v) is 4.47. The summed E-state index contributed by atoms with van der Waals surface area (Å²) in [6.07, 6.45) is 6.14. The van der Waals surface area contributed by atoms with Gasteiger partial charge in [0, 0.05) is 43.6 Å². The second-order valence-corrected chi connectivity index (χ2v) is 6.83. The molecule has 1 aliphatic carbocycles. The molecule has 1 unspecified atom stereocenters. The minimum Gasteiger partial charge on any atom is -0.381 e. The van der Waals surface area contributed by atoms with Crippen molar-refractivity contribution < 1.29 is 9.53 Å². The predicted octanol–water partition coefficient (Wildman–Crippen LogP) is 3.07. The molecule has 0 aromatic carbocycles. The summed E-state index contributed by atoms with van der Waals surface area (Å²) in [6, 6.07) is 2.01. The van der Waals surface area contributed by atoms with Crippen molar-refractivity contribution in [1.29, 1.82) is 0 Å². The van der Waals surface area contributed by atoms with Crippen LogP contribution in [-0.2, 0) is 17.7 Å². The summed E-state index contributed by atoms with van der Waals surface area (Å²) < 4.78 is 7.72. The summed E-state index contributed by atoms with van der Waals surface area (Å²) in [4.78, 5) is 12.1. The number of ether oxygens (including phenoxy) is 1. The fourth-order valence-electron chi connectivity index (χ4n) is 3.34. The highest BCUT2D eigenvalue weighted by atomic mass is 16.5. The van der Waals surface area contributed by atoms with E-state index in [0.29, 0.717) is 18.1 Å². The van der Waals surface area contributed by atoms with Gasteiger partial charge in [0.1, 0.15) is 0 Å². The van der Waals surface area contributed by atoms with Crippen LogP contribution in [0.15, 0.2) is 12.3 Å². The van der Waals surface area contributed by atoms with Gasteiger partial charge in [-0.25, -0.2) is 0 Å². The first-order chi connectivity index (χ1) is 9.05. The van der Waals surface area contributed by atoms with Crippen LogP contribution >= 0.6 is 0 Å². The summed E-state index contributed by atoms with van der Waals surface area (Å²) in [7, 11) is 0. The van der Waals surface area contributed by atoms with Crippen LogP contribution in [0.1, 0.15) is 49.2 Å². The van der Waals surface area contributed by atoms with Crippen LogP contribution in [0.3, 0.4) is 0 Å².